The Labute approximate surface area is 112 Å². The Hall–Kier alpha value is -1.57. The standard InChI is InChI=1S/C15H15O3P/c16-19(12-14-11-17-14,15-9-5-2-6-10-15)18-13-7-3-1-4-8-13/h1-10,14H,11-12H2. The molecule has 2 atom stereocenters. The fraction of sp³-hybridized carbons (Fsp3) is 0.200. The number of epoxide rings is 1. The number of rotatable bonds is 5. The van der Waals surface area contributed by atoms with Crippen molar-refractivity contribution in [2.24, 2.45) is 0 Å². The predicted octanol–water partition coefficient (Wildman–Crippen LogP) is 3.07. The minimum atomic E-state index is -2.91. The first-order valence-corrected chi connectivity index (χ1v) is 8.08. The van der Waals surface area contributed by atoms with Crippen LogP contribution < -0.4 is 9.83 Å². The Bertz CT molecular complexity index is 579. The van der Waals surface area contributed by atoms with Crippen molar-refractivity contribution in [2.75, 3.05) is 12.8 Å². The van der Waals surface area contributed by atoms with Gasteiger partial charge in [0, 0.05) is 5.30 Å². The van der Waals surface area contributed by atoms with Crippen molar-refractivity contribution >= 4 is 12.7 Å². The van der Waals surface area contributed by atoms with E-state index in [4.69, 9.17) is 9.26 Å². The molecule has 3 rings (SSSR count). The van der Waals surface area contributed by atoms with Gasteiger partial charge in [0.2, 0.25) is 0 Å². The molecular weight excluding hydrogens is 259 g/mol. The zero-order valence-corrected chi connectivity index (χ0v) is 11.3. The average Bonchev–Trinajstić information content (AvgIpc) is 3.24. The maximum atomic E-state index is 13.1. The molecule has 4 heteroatoms. The minimum absolute atomic E-state index is 0.0646. The third-order valence-electron chi connectivity index (χ3n) is 2.99. The van der Waals surface area contributed by atoms with Gasteiger partial charge in [0.15, 0.2) is 0 Å². The second kappa shape index (κ2) is 5.20. The van der Waals surface area contributed by atoms with Gasteiger partial charge in [0.1, 0.15) is 5.75 Å². The third-order valence-corrected chi connectivity index (χ3v) is 5.47. The summed E-state index contributed by atoms with van der Waals surface area (Å²) in [5.41, 5.74) is 0. The summed E-state index contributed by atoms with van der Waals surface area (Å²) in [4.78, 5) is 0. The van der Waals surface area contributed by atoms with E-state index >= 15 is 0 Å². The molecule has 2 aromatic rings. The van der Waals surface area contributed by atoms with Crippen LogP contribution in [0.25, 0.3) is 0 Å². The summed E-state index contributed by atoms with van der Waals surface area (Å²) >= 11 is 0. The lowest BCUT2D eigenvalue weighted by Crippen LogP contribution is -2.15. The number of ether oxygens (including phenoxy) is 1. The molecule has 0 aromatic heterocycles. The van der Waals surface area contributed by atoms with E-state index in [9.17, 15) is 4.57 Å². The van der Waals surface area contributed by atoms with Crippen LogP contribution in [0.15, 0.2) is 60.7 Å². The van der Waals surface area contributed by atoms with Crippen LogP contribution >= 0.6 is 7.37 Å². The van der Waals surface area contributed by atoms with E-state index in [1.165, 1.54) is 0 Å². The number of para-hydroxylation sites is 1. The Morgan fingerprint density at radius 1 is 1.05 bits per heavy atom. The quantitative estimate of drug-likeness (QED) is 0.621. The molecule has 2 aromatic carbocycles. The van der Waals surface area contributed by atoms with Crippen LogP contribution in [0.5, 0.6) is 5.75 Å². The van der Waals surface area contributed by atoms with E-state index in [0.29, 0.717) is 18.5 Å². The van der Waals surface area contributed by atoms with Crippen LogP contribution in [0.1, 0.15) is 0 Å². The predicted molar refractivity (Wildman–Crippen MR) is 75.4 cm³/mol. The molecule has 3 nitrogen and oxygen atoms in total. The fourth-order valence-corrected chi connectivity index (χ4v) is 4.17. The van der Waals surface area contributed by atoms with Crippen molar-refractivity contribution in [1.29, 1.82) is 0 Å². The summed E-state index contributed by atoms with van der Waals surface area (Å²) in [6.45, 7) is 0.676. The van der Waals surface area contributed by atoms with Gasteiger partial charge in [-0.05, 0) is 24.3 Å². The minimum Gasteiger partial charge on any atom is -0.440 e. The van der Waals surface area contributed by atoms with Gasteiger partial charge in [-0.2, -0.15) is 0 Å². The molecule has 0 aliphatic carbocycles. The van der Waals surface area contributed by atoms with Gasteiger partial charge in [-0.1, -0.05) is 36.4 Å². The molecule has 1 fully saturated rings. The van der Waals surface area contributed by atoms with Crippen LogP contribution in [-0.4, -0.2) is 18.9 Å². The molecular formula is C15H15O3P. The highest BCUT2D eigenvalue weighted by molar-refractivity contribution is 7.67. The molecule has 1 saturated heterocycles. The lowest BCUT2D eigenvalue weighted by Gasteiger charge is -2.19. The van der Waals surface area contributed by atoms with Crippen molar-refractivity contribution in [3.05, 3.63) is 60.7 Å². The van der Waals surface area contributed by atoms with E-state index in [1.54, 1.807) is 0 Å². The van der Waals surface area contributed by atoms with E-state index < -0.39 is 7.37 Å². The Morgan fingerprint density at radius 3 is 2.21 bits per heavy atom. The summed E-state index contributed by atoms with van der Waals surface area (Å²) < 4.78 is 24.2. The van der Waals surface area contributed by atoms with Crippen LogP contribution in [0.4, 0.5) is 0 Å². The van der Waals surface area contributed by atoms with Crippen LogP contribution in [0.3, 0.4) is 0 Å². The van der Waals surface area contributed by atoms with Gasteiger partial charge in [-0.3, -0.25) is 4.57 Å². The summed E-state index contributed by atoms with van der Waals surface area (Å²) in [6, 6.07) is 18.7. The number of benzene rings is 2. The van der Waals surface area contributed by atoms with Crippen molar-refractivity contribution in [3.8, 4) is 5.75 Å². The molecule has 2 unspecified atom stereocenters. The SMILES string of the molecule is O=P(CC1CO1)(Oc1ccccc1)c1ccccc1. The largest absolute Gasteiger partial charge is 0.440 e. The van der Waals surface area contributed by atoms with E-state index in [2.05, 4.69) is 0 Å². The zero-order valence-electron chi connectivity index (χ0n) is 10.4. The number of hydrogen-bond donors (Lipinski definition) is 0. The van der Waals surface area contributed by atoms with E-state index in [1.807, 2.05) is 60.7 Å². The van der Waals surface area contributed by atoms with Gasteiger partial charge in [-0.25, -0.2) is 0 Å². The van der Waals surface area contributed by atoms with Gasteiger partial charge < -0.3 is 9.26 Å². The third kappa shape index (κ3) is 3.06. The summed E-state index contributed by atoms with van der Waals surface area (Å²) in [5.74, 6) is 0.635. The molecule has 0 amide bonds. The van der Waals surface area contributed by atoms with Crippen molar-refractivity contribution in [2.45, 2.75) is 6.10 Å². The Kier molecular flexibility index (Phi) is 3.41. The molecule has 0 N–H and O–H groups in total. The monoisotopic (exact) mass is 274 g/mol. The zero-order chi connectivity index (χ0) is 13.1. The van der Waals surface area contributed by atoms with Crippen molar-refractivity contribution in [3.63, 3.8) is 0 Å². The van der Waals surface area contributed by atoms with Gasteiger partial charge in [-0.15, -0.1) is 0 Å². The van der Waals surface area contributed by atoms with Crippen LogP contribution in [0.2, 0.25) is 0 Å². The highest BCUT2D eigenvalue weighted by Gasteiger charge is 2.37. The summed E-state index contributed by atoms with van der Waals surface area (Å²) in [5, 5.41) is 0.745. The lowest BCUT2D eigenvalue weighted by molar-refractivity contribution is 0.415. The van der Waals surface area contributed by atoms with Crippen molar-refractivity contribution in [1.82, 2.24) is 0 Å². The highest BCUT2D eigenvalue weighted by Crippen LogP contribution is 2.48. The second-order valence-electron chi connectivity index (χ2n) is 4.55. The topological polar surface area (TPSA) is 38.8 Å². The molecule has 1 aliphatic rings. The molecule has 0 spiro atoms. The Morgan fingerprint density at radius 2 is 1.63 bits per heavy atom. The van der Waals surface area contributed by atoms with Crippen molar-refractivity contribution < 1.29 is 13.8 Å². The van der Waals surface area contributed by atoms with E-state index in [-0.39, 0.29) is 6.10 Å². The van der Waals surface area contributed by atoms with Crippen LogP contribution in [-0.2, 0) is 9.30 Å². The van der Waals surface area contributed by atoms with Gasteiger partial charge >= 0.3 is 0 Å². The molecule has 19 heavy (non-hydrogen) atoms. The maximum absolute atomic E-state index is 13.1. The Balaban J connectivity index is 1.90. The first kappa shape index (κ1) is 12.5. The van der Waals surface area contributed by atoms with E-state index in [0.717, 1.165) is 5.30 Å². The van der Waals surface area contributed by atoms with Gasteiger partial charge in [0.25, 0.3) is 7.37 Å². The summed E-state index contributed by atoms with van der Waals surface area (Å²) in [7, 11) is -2.91. The normalized spacial score (nSPS) is 20.5. The molecule has 98 valence electrons. The number of hydrogen-bond acceptors (Lipinski definition) is 3. The van der Waals surface area contributed by atoms with Gasteiger partial charge in [0.05, 0.1) is 18.9 Å². The molecule has 0 saturated carbocycles. The molecule has 0 bridgehead atoms. The second-order valence-corrected chi connectivity index (χ2v) is 6.96. The molecule has 1 aliphatic heterocycles. The first-order valence-electron chi connectivity index (χ1n) is 6.27. The molecule has 0 radical (unpaired) electrons. The molecule has 1 heterocycles. The summed E-state index contributed by atoms with van der Waals surface area (Å²) in [6.07, 6.45) is 0.501. The van der Waals surface area contributed by atoms with Crippen LogP contribution in [0, 0.1) is 0 Å². The fourth-order valence-electron chi connectivity index (χ4n) is 1.94. The maximum Gasteiger partial charge on any atom is 0.279 e. The lowest BCUT2D eigenvalue weighted by atomic mass is 10.3. The average molecular weight is 274 g/mol. The first-order chi connectivity index (χ1) is 9.26. The smallest absolute Gasteiger partial charge is 0.279 e. The highest BCUT2D eigenvalue weighted by atomic mass is 31.2.